The summed E-state index contributed by atoms with van der Waals surface area (Å²) in [5.74, 6) is -1.26. The number of halogens is 4. The first-order valence-electron chi connectivity index (χ1n) is 9.95. The van der Waals surface area contributed by atoms with Gasteiger partial charge in [0.2, 0.25) is 11.8 Å². The van der Waals surface area contributed by atoms with Crippen molar-refractivity contribution in [2.45, 2.75) is 19.2 Å². The molecule has 0 fully saturated rings. The molecule has 3 rings (SSSR count). The van der Waals surface area contributed by atoms with Crippen LogP contribution in [-0.2, 0) is 22.4 Å². The predicted octanol–water partition coefficient (Wildman–Crippen LogP) is 4.90. The number of hydrogen-bond acceptors (Lipinski definition) is 4. The van der Waals surface area contributed by atoms with Gasteiger partial charge in [-0.2, -0.15) is 18.3 Å². The van der Waals surface area contributed by atoms with Crippen molar-refractivity contribution in [3.8, 4) is 5.75 Å². The maximum Gasteiger partial charge on any atom is 0.416 e. The highest BCUT2D eigenvalue weighted by atomic mass is 19.4. The fourth-order valence-electron chi connectivity index (χ4n) is 2.74. The largest absolute Gasteiger partial charge is 0.489 e. The van der Waals surface area contributed by atoms with Crippen LogP contribution in [0.3, 0.4) is 0 Å². The lowest BCUT2D eigenvalue weighted by Crippen LogP contribution is -2.24. The molecule has 0 saturated carbocycles. The molecule has 34 heavy (non-hydrogen) atoms. The summed E-state index contributed by atoms with van der Waals surface area (Å²) in [6, 6.07) is 16.8. The second kappa shape index (κ2) is 11.1. The highest BCUT2D eigenvalue weighted by molar-refractivity contribution is 6.03. The van der Waals surface area contributed by atoms with E-state index in [0.717, 1.165) is 23.8 Å². The van der Waals surface area contributed by atoms with Crippen LogP contribution in [0.25, 0.3) is 0 Å². The zero-order valence-corrected chi connectivity index (χ0v) is 17.6. The van der Waals surface area contributed by atoms with Crippen molar-refractivity contribution in [1.82, 2.24) is 5.43 Å². The van der Waals surface area contributed by atoms with E-state index >= 15 is 0 Å². The molecule has 2 N–H and O–H groups in total. The van der Waals surface area contributed by atoms with Gasteiger partial charge in [0.1, 0.15) is 24.6 Å². The van der Waals surface area contributed by atoms with Crippen molar-refractivity contribution in [2.75, 3.05) is 5.32 Å². The molecule has 3 aromatic rings. The fourth-order valence-corrected chi connectivity index (χ4v) is 2.74. The molecule has 10 heteroatoms. The fraction of sp³-hybridized carbons (Fsp3) is 0.125. The van der Waals surface area contributed by atoms with Crippen molar-refractivity contribution < 1.29 is 31.9 Å². The summed E-state index contributed by atoms with van der Waals surface area (Å²) in [5, 5.41) is 5.99. The number of carbonyl (C=O) groups excluding carboxylic acids is 2. The van der Waals surface area contributed by atoms with E-state index in [1.54, 1.807) is 36.4 Å². The number of amides is 2. The average molecular weight is 473 g/mol. The molecule has 0 radical (unpaired) electrons. The first-order chi connectivity index (χ1) is 16.2. The van der Waals surface area contributed by atoms with Gasteiger partial charge in [-0.25, -0.2) is 9.82 Å². The first-order valence-corrected chi connectivity index (χ1v) is 9.95. The van der Waals surface area contributed by atoms with Crippen LogP contribution >= 0.6 is 0 Å². The van der Waals surface area contributed by atoms with Crippen LogP contribution in [-0.4, -0.2) is 18.0 Å². The highest BCUT2D eigenvalue weighted by Gasteiger charge is 2.30. The second-order valence-electron chi connectivity index (χ2n) is 7.08. The molecule has 0 atom stereocenters. The Bertz CT molecular complexity index is 1160. The average Bonchev–Trinajstić information content (AvgIpc) is 2.79. The van der Waals surface area contributed by atoms with Gasteiger partial charge in [-0.15, -0.1) is 0 Å². The van der Waals surface area contributed by atoms with Gasteiger partial charge < -0.3 is 10.1 Å². The van der Waals surface area contributed by atoms with E-state index in [4.69, 9.17) is 4.74 Å². The van der Waals surface area contributed by atoms with Gasteiger partial charge in [0.05, 0.1) is 11.8 Å². The smallest absolute Gasteiger partial charge is 0.416 e. The lowest BCUT2D eigenvalue weighted by molar-refractivity contribution is -0.137. The monoisotopic (exact) mass is 473 g/mol. The van der Waals surface area contributed by atoms with Gasteiger partial charge >= 0.3 is 6.18 Å². The Morgan fingerprint density at radius 2 is 1.65 bits per heavy atom. The minimum Gasteiger partial charge on any atom is -0.489 e. The second-order valence-corrected chi connectivity index (χ2v) is 7.08. The van der Waals surface area contributed by atoms with E-state index in [1.165, 1.54) is 24.4 Å². The minimum atomic E-state index is -4.54. The van der Waals surface area contributed by atoms with Crippen LogP contribution in [0.15, 0.2) is 77.9 Å². The first kappa shape index (κ1) is 24.4. The minimum absolute atomic E-state index is 0.0714. The summed E-state index contributed by atoms with van der Waals surface area (Å²) in [6.45, 7) is 0.270. The number of carbonyl (C=O) groups is 2. The number of hydrogen-bond donors (Lipinski definition) is 2. The molecule has 0 saturated heterocycles. The van der Waals surface area contributed by atoms with Gasteiger partial charge in [0, 0.05) is 5.69 Å². The molecule has 0 bridgehead atoms. The molecule has 3 aromatic carbocycles. The maximum atomic E-state index is 12.9. The molecule has 6 nitrogen and oxygen atoms in total. The number of benzene rings is 3. The molecule has 0 aliphatic rings. The maximum absolute atomic E-state index is 12.9. The van der Waals surface area contributed by atoms with E-state index in [1.807, 2.05) is 0 Å². The molecular formula is C24H19F4N3O3. The molecule has 0 heterocycles. The van der Waals surface area contributed by atoms with E-state index in [9.17, 15) is 27.2 Å². The lowest BCUT2D eigenvalue weighted by Gasteiger charge is -2.09. The molecule has 176 valence electrons. The van der Waals surface area contributed by atoms with Crippen LogP contribution in [0.4, 0.5) is 23.2 Å². The van der Waals surface area contributed by atoms with E-state index in [2.05, 4.69) is 15.8 Å². The Morgan fingerprint density at radius 1 is 0.941 bits per heavy atom. The third-order valence-corrected chi connectivity index (χ3v) is 4.40. The zero-order valence-electron chi connectivity index (χ0n) is 17.6. The van der Waals surface area contributed by atoms with E-state index < -0.39 is 30.0 Å². The van der Waals surface area contributed by atoms with E-state index in [0.29, 0.717) is 11.3 Å². The molecule has 0 spiro atoms. The molecule has 0 aromatic heterocycles. The zero-order chi connectivity index (χ0) is 24.6. The number of anilines is 1. The summed E-state index contributed by atoms with van der Waals surface area (Å²) >= 11 is 0. The summed E-state index contributed by atoms with van der Waals surface area (Å²) in [4.78, 5) is 23.7. The molecule has 2 amide bonds. The van der Waals surface area contributed by atoms with Gasteiger partial charge in [-0.3, -0.25) is 9.59 Å². The normalized spacial score (nSPS) is 11.3. The quantitative estimate of drug-likeness (QED) is 0.211. The standard InChI is InChI=1S/C24H19F4N3O3/c25-19-8-4-17(5-9-19)15-34-21-10-6-16(7-11-21)14-29-31-23(33)13-22(32)30-20-3-1-2-18(12-20)24(26,27)28/h1-12,14H,13,15H2,(H,30,32)(H,31,33). The number of hydrazone groups is 1. The highest BCUT2D eigenvalue weighted by Crippen LogP contribution is 2.30. The molecular weight excluding hydrogens is 454 g/mol. The Morgan fingerprint density at radius 3 is 2.32 bits per heavy atom. The van der Waals surface area contributed by atoms with Crippen molar-refractivity contribution in [3.63, 3.8) is 0 Å². The Labute approximate surface area is 192 Å². The van der Waals surface area contributed by atoms with Gasteiger partial charge in [0.25, 0.3) is 0 Å². The Balaban J connectivity index is 1.43. The third kappa shape index (κ3) is 7.73. The molecule has 0 aliphatic carbocycles. The van der Waals surface area contributed by atoms with Crippen molar-refractivity contribution >= 4 is 23.7 Å². The van der Waals surface area contributed by atoms with Crippen molar-refractivity contribution in [3.05, 3.63) is 95.3 Å². The van der Waals surface area contributed by atoms with Crippen LogP contribution < -0.4 is 15.5 Å². The van der Waals surface area contributed by atoms with Gasteiger partial charge in [0.15, 0.2) is 0 Å². The number of nitrogens with zero attached hydrogens (tertiary/aromatic N) is 1. The van der Waals surface area contributed by atoms with Crippen molar-refractivity contribution in [2.24, 2.45) is 5.10 Å². The summed E-state index contributed by atoms with van der Waals surface area (Å²) in [6.07, 6.45) is -3.81. The van der Waals surface area contributed by atoms with Crippen LogP contribution in [0.2, 0.25) is 0 Å². The Kier molecular flexibility index (Phi) is 7.96. The van der Waals surface area contributed by atoms with E-state index in [-0.39, 0.29) is 18.1 Å². The van der Waals surface area contributed by atoms with Crippen LogP contribution in [0.1, 0.15) is 23.1 Å². The van der Waals surface area contributed by atoms with Gasteiger partial charge in [-0.05, 0) is 65.7 Å². The predicted molar refractivity (Wildman–Crippen MR) is 118 cm³/mol. The van der Waals surface area contributed by atoms with Crippen LogP contribution in [0, 0.1) is 5.82 Å². The number of rotatable bonds is 8. The SMILES string of the molecule is O=C(CC(=O)Nc1cccc(C(F)(F)F)c1)NN=Cc1ccc(OCc2ccc(F)cc2)cc1. The third-order valence-electron chi connectivity index (χ3n) is 4.40. The molecule has 0 unspecified atom stereocenters. The molecule has 0 aliphatic heterocycles. The summed E-state index contributed by atoms with van der Waals surface area (Å²) in [7, 11) is 0. The number of nitrogens with one attached hydrogen (secondary N) is 2. The summed E-state index contributed by atoms with van der Waals surface area (Å²) < 4.78 is 56.7. The lowest BCUT2D eigenvalue weighted by atomic mass is 10.2. The van der Waals surface area contributed by atoms with Crippen LogP contribution in [0.5, 0.6) is 5.75 Å². The topological polar surface area (TPSA) is 79.8 Å². The number of alkyl halides is 3. The summed E-state index contributed by atoms with van der Waals surface area (Å²) in [5.41, 5.74) is 2.65. The van der Waals surface area contributed by atoms with Crippen molar-refractivity contribution in [1.29, 1.82) is 0 Å². The number of ether oxygens (including phenoxy) is 1. The Hall–Kier alpha value is -4.21. The van der Waals surface area contributed by atoms with Gasteiger partial charge in [-0.1, -0.05) is 18.2 Å².